The highest BCUT2D eigenvalue weighted by Crippen LogP contribution is 2.28. The van der Waals surface area contributed by atoms with Crippen LogP contribution in [0, 0.1) is 6.92 Å². The second-order valence-electron chi connectivity index (χ2n) is 6.25. The highest BCUT2D eigenvalue weighted by molar-refractivity contribution is 7.85. The molecule has 0 unspecified atom stereocenters. The summed E-state index contributed by atoms with van der Waals surface area (Å²) in [6.07, 6.45) is 0. The molecule has 130 valence electrons. The van der Waals surface area contributed by atoms with E-state index in [0.29, 0.717) is 12.5 Å². The summed E-state index contributed by atoms with van der Waals surface area (Å²) in [5.74, 6) is 0.565. The van der Waals surface area contributed by atoms with Crippen molar-refractivity contribution in [2.24, 2.45) is 4.99 Å². The van der Waals surface area contributed by atoms with Crippen molar-refractivity contribution < 1.29 is 8.95 Å². The van der Waals surface area contributed by atoms with Gasteiger partial charge in [0.25, 0.3) is 0 Å². The van der Waals surface area contributed by atoms with Gasteiger partial charge in [0.05, 0.1) is 21.3 Å². The van der Waals surface area contributed by atoms with Crippen molar-refractivity contribution in [3.05, 3.63) is 95.6 Å². The van der Waals surface area contributed by atoms with E-state index >= 15 is 0 Å². The molecule has 0 spiro atoms. The Morgan fingerprint density at radius 3 is 2.38 bits per heavy atom. The minimum atomic E-state index is -1.28. The van der Waals surface area contributed by atoms with Gasteiger partial charge in [-0.25, -0.2) is 9.20 Å². The summed E-state index contributed by atoms with van der Waals surface area (Å²) in [5.41, 5.74) is 3.07. The number of hydrogen-bond donors (Lipinski definition) is 0. The Balaban J connectivity index is 1.68. The topological polar surface area (TPSA) is 38.7 Å². The third-order valence-electron chi connectivity index (χ3n) is 4.39. The van der Waals surface area contributed by atoms with E-state index in [4.69, 9.17) is 9.73 Å². The number of rotatable bonds is 4. The minimum absolute atomic E-state index is 0.0212. The number of aliphatic imine (C=N–C) groups is 1. The van der Waals surface area contributed by atoms with Crippen LogP contribution in [0.2, 0.25) is 0 Å². The van der Waals surface area contributed by atoms with Gasteiger partial charge in [0.1, 0.15) is 12.6 Å². The maximum absolute atomic E-state index is 13.1. The first-order valence-corrected chi connectivity index (χ1v) is 9.71. The fraction of sp³-hybridized carbons (Fsp3) is 0.136. The van der Waals surface area contributed by atoms with Gasteiger partial charge < -0.3 is 4.74 Å². The first-order chi connectivity index (χ1) is 12.7. The molecule has 1 heterocycles. The Labute approximate surface area is 155 Å². The maximum atomic E-state index is 13.1. The highest BCUT2D eigenvalue weighted by Gasteiger charge is 2.24. The van der Waals surface area contributed by atoms with E-state index in [1.54, 1.807) is 0 Å². The molecule has 1 aliphatic heterocycles. The van der Waals surface area contributed by atoms with E-state index in [1.807, 2.05) is 73.7 Å². The number of hydrogen-bond acceptors (Lipinski definition) is 3. The molecule has 4 heteroatoms. The van der Waals surface area contributed by atoms with Gasteiger partial charge in [-0.2, -0.15) is 0 Å². The summed E-state index contributed by atoms with van der Waals surface area (Å²) in [4.78, 5) is 6.24. The Bertz CT molecular complexity index is 965. The number of nitrogens with zero attached hydrogens (tertiary/aromatic N) is 1. The van der Waals surface area contributed by atoms with E-state index < -0.39 is 10.8 Å². The van der Waals surface area contributed by atoms with Gasteiger partial charge in [-0.1, -0.05) is 60.2 Å². The molecule has 0 radical (unpaired) electrons. The van der Waals surface area contributed by atoms with Gasteiger partial charge in [0.15, 0.2) is 0 Å². The molecule has 0 saturated carbocycles. The molecule has 3 nitrogen and oxygen atoms in total. The van der Waals surface area contributed by atoms with Crippen LogP contribution in [-0.2, 0) is 15.5 Å². The number of ether oxygens (including phenoxy) is 1. The summed E-state index contributed by atoms with van der Waals surface area (Å²) in [7, 11) is -1.28. The van der Waals surface area contributed by atoms with Gasteiger partial charge >= 0.3 is 0 Å². The van der Waals surface area contributed by atoms with Crippen molar-refractivity contribution in [1.82, 2.24) is 0 Å². The largest absolute Gasteiger partial charge is 0.475 e. The molecule has 0 aliphatic carbocycles. The van der Waals surface area contributed by atoms with Gasteiger partial charge in [0.2, 0.25) is 5.90 Å². The molecule has 3 aromatic rings. The quantitative estimate of drug-likeness (QED) is 0.677. The SMILES string of the molecule is Cc1ccc([S@@](=O)c2ccccc2C2=N[C@@H](c3ccccc3)CO2)cc1. The monoisotopic (exact) mass is 361 g/mol. The van der Waals surface area contributed by atoms with Gasteiger partial charge in [-0.15, -0.1) is 0 Å². The van der Waals surface area contributed by atoms with Crippen LogP contribution >= 0.6 is 0 Å². The zero-order valence-corrected chi connectivity index (χ0v) is 15.3. The lowest BCUT2D eigenvalue weighted by atomic mass is 10.1. The Kier molecular flexibility index (Phi) is 4.67. The van der Waals surface area contributed by atoms with Crippen LogP contribution < -0.4 is 0 Å². The molecule has 0 N–H and O–H groups in total. The van der Waals surface area contributed by atoms with Crippen molar-refractivity contribution in [2.75, 3.05) is 6.61 Å². The average molecular weight is 361 g/mol. The predicted octanol–water partition coefficient (Wildman–Crippen LogP) is 4.68. The van der Waals surface area contributed by atoms with Crippen molar-refractivity contribution >= 4 is 16.7 Å². The van der Waals surface area contributed by atoms with Crippen molar-refractivity contribution in [2.45, 2.75) is 22.8 Å². The first kappa shape index (κ1) is 16.7. The smallest absolute Gasteiger partial charge is 0.218 e. The molecule has 0 fully saturated rings. The second kappa shape index (κ2) is 7.26. The lowest BCUT2D eigenvalue weighted by Gasteiger charge is -2.09. The standard InChI is InChI=1S/C22H19NO2S/c1-16-11-13-18(14-12-16)26(24)21-10-6-5-9-19(21)22-23-20(15-25-22)17-7-3-2-4-8-17/h2-14,20H,15H2,1H3/t20-,26-/m1/s1. The molecule has 2 atom stereocenters. The molecule has 1 aliphatic rings. The van der Waals surface area contributed by atoms with Crippen LogP contribution in [0.1, 0.15) is 22.7 Å². The lowest BCUT2D eigenvalue weighted by molar-refractivity contribution is 0.319. The third-order valence-corrected chi connectivity index (χ3v) is 5.84. The van der Waals surface area contributed by atoms with Gasteiger partial charge in [0, 0.05) is 4.90 Å². The van der Waals surface area contributed by atoms with E-state index in [-0.39, 0.29) is 6.04 Å². The minimum Gasteiger partial charge on any atom is -0.475 e. The van der Waals surface area contributed by atoms with E-state index in [2.05, 4.69) is 12.1 Å². The zero-order valence-electron chi connectivity index (χ0n) is 14.5. The third kappa shape index (κ3) is 3.33. The number of aryl methyl sites for hydroxylation is 1. The van der Waals surface area contributed by atoms with Crippen molar-refractivity contribution in [3.8, 4) is 0 Å². The van der Waals surface area contributed by atoms with E-state index in [0.717, 1.165) is 26.5 Å². The molecule has 26 heavy (non-hydrogen) atoms. The van der Waals surface area contributed by atoms with Crippen LogP contribution in [0.4, 0.5) is 0 Å². The maximum Gasteiger partial charge on any atom is 0.218 e. The molecule has 0 bridgehead atoms. The average Bonchev–Trinajstić information content (AvgIpc) is 3.19. The Hall–Kier alpha value is -2.72. The van der Waals surface area contributed by atoms with Crippen LogP contribution in [-0.4, -0.2) is 16.7 Å². The van der Waals surface area contributed by atoms with Crippen LogP contribution in [0.15, 0.2) is 93.6 Å². The van der Waals surface area contributed by atoms with Crippen LogP contribution in [0.25, 0.3) is 0 Å². The molecule has 3 aromatic carbocycles. The predicted molar refractivity (Wildman–Crippen MR) is 104 cm³/mol. The molecule has 0 saturated heterocycles. The van der Waals surface area contributed by atoms with Crippen molar-refractivity contribution in [3.63, 3.8) is 0 Å². The summed E-state index contributed by atoms with van der Waals surface area (Å²) >= 11 is 0. The highest BCUT2D eigenvalue weighted by atomic mass is 32.2. The summed E-state index contributed by atoms with van der Waals surface area (Å²) in [6, 6.07) is 25.5. The van der Waals surface area contributed by atoms with E-state index in [1.165, 1.54) is 0 Å². The number of benzene rings is 3. The van der Waals surface area contributed by atoms with Crippen molar-refractivity contribution in [1.29, 1.82) is 0 Å². The zero-order chi connectivity index (χ0) is 17.9. The molecule has 4 rings (SSSR count). The molecular weight excluding hydrogens is 342 g/mol. The fourth-order valence-electron chi connectivity index (χ4n) is 2.96. The Morgan fingerprint density at radius 2 is 1.62 bits per heavy atom. The van der Waals surface area contributed by atoms with Gasteiger partial charge in [-0.05, 0) is 36.8 Å². The van der Waals surface area contributed by atoms with E-state index in [9.17, 15) is 4.21 Å². The summed E-state index contributed by atoms with van der Waals surface area (Å²) in [6.45, 7) is 2.52. The van der Waals surface area contributed by atoms with Gasteiger partial charge in [-0.3, -0.25) is 0 Å². The Morgan fingerprint density at radius 1 is 0.923 bits per heavy atom. The van der Waals surface area contributed by atoms with Crippen LogP contribution in [0.5, 0.6) is 0 Å². The molecule has 0 aromatic heterocycles. The second-order valence-corrected chi connectivity index (χ2v) is 7.70. The first-order valence-electron chi connectivity index (χ1n) is 8.56. The fourth-order valence-corrected chi connectivity index (χ4v) is 4.16. The molecule has 0 amide bonds. The molecular formula is C22H19NO2S. The normalized spacial score (nSPS) is 17.4. The summed E-state index contributed by atoms with van der Waals surface area (Å²) < 4.78 is 19.0. The lowest BCUT2D eigenvalue weighted by Crippen LogP contribution is -2.07. The summed E-state index contributed by atoms with van der Waals surface area (Å²) in [5, 5.41) is 0. The van der Waals surface area contributed by atoms with Crippen LogP contribution in [0.3, 0.4) is 0 Å².